The van der Waals surface area contributed by atoms with E-state index in [1.807, 2.05) is 42.5 Å². The summed E-state index contributed by atoms with van der Waals surface area (Å²) >= 11 is 4.96. The van der Waals surface area contributed by atoms with Gasteiger partial charge in [0.15, 0.2) is 5.66 Å². The number of hydrogen-bond acceptors (Lipinski definition) is 6. The molecule has 3 heterocycles. The number of benzene rings is 2. The number of halogens is 1. The Morgan fingerprint density at radius 1 is 1.09 bits per heavy atom. The van der Waals surface area contributed by atoms with Crippen LogP contribution in [0.2, 0.25) is 0 Å². The van der Waals surface area contributed by atoms with Crippen LogP contribution in [0, 0.1) is 0 Å². The number of piperidine rings is 1. The van der Waals surface area contributed by atoms with E-state index in [0.717, 1.165) is 63.3 Å². The Kier molecular flexibility index (Phi) is 6.32. The Morgan fingerprint density at radius 3 is 2.67 bits per heavy atom. The molecular formula is C25H24BrN5OS. The van der Waals surface area contributed by atoms with Crippen LogP contribution >= 0.6 is 27.7 Å². The van der Waals surface area contributed by atoms with Gasteiger partial charge in [-0.1, -0.05) is 45.9 Å². The van der Waals surface area contributed by atoms with Crippen molar-refractivity contribution in [3.05, 3.63) is 70.8 Å². The smallest absolute Gasteiger partial charge is 0.234 e. The molecule has 1 fully saturated rings. The third kappa shape index (κ3) is 4.88. The van der Waals surface area contributed by atoms with Gasteiger partial charge in [0, 0.05) is 47.6 Å². The topological polar surface area (TPSA) is 70.0 Å². The van der Waals surface area contributed by atoms with E-state index in [-0.39, 0.29) is 11.7 Å². The van der Waals surface area contributed by atoms with E-state index in [9.17, 15) is 4.79 Å². The second kappa shape index (κ2) is 9.37. The van der Waals surface area contributed by atoms with Crippen LogP contribution in [0.15, 0.2) is 75.3 Å². The number of nitrogens with zero attached hydrogens (tertiary/aromatic N) is 4. The minimum Gasteiger partial charge on any atom is -0.325 e. The molecule has 0 saturated carbocycles. The Labute approximate surface area is 205 Å². The first-order chi connectivity index (χ1) is 16.0. The van der Waals surface area contributed by atoms with Crippen LogP contribution in [-0.4, -0.2) is 58.1 Å². The second-order valence-electron chi connectivity index (χ2n) is 8.38. The summed E-state index contributed by atoms with van der Waals surface area (Å²) < 4.78 is 1.02. The molecule has 1 spiro atoms. The standard InChI is InChI=1S/C25H24BrN5OS/c1-31-14-11-25(12-15-31)29-23(17-7-9-18(26)10-8-17)24(30-25)33-16-22(32)28-21-6-2-5-20-19(21)4-3-13-27-20/h2-10,13H,11-12,14-16H2,1H3,(H,28,32). The van der Waals surface area contributed by atoms with Crippen molar-refractivity contribution in [3.63, 3.8) is 0 Å². The molecule has 8 heteroatoms. The van der Waals surface area contributed by atoms with Crippen molar-refractivity contribution < 1.29 is 4.79 Å². The summed E-state index contributed by atoms with van der Waals surface area (Å²) in [5.41, 5.74) is 3.14. The molecule has 2 aliphatic heterocycles. The first kappa shape index (κ1) is 22.3. The first-order valence-electron chi connectivity index (χ1n) is 10.9. The fraction of sp³-hybridized carbons (Fsp3) is 0.280. The van der Waals surface area contributed by atoms with Crippen LogP contribution in [-0.2, 0) is 4.79 Å². The van der Waals surface area contributed by atoms with Gasteiger partial charge in [-0.25, -0.2) is 4.99 Å². The zero-order valence-electron chi connectivity index (χ0n) is 18.3. The average molecular weight is 522 g/mol. The maximum Gasteiger partial charge on any atom is 0.234 e. The van der Waals surface area contributed by atoms with Crippen LogP contribution in [0.25, 0.3) is 10.9 Å². The Balaban J connectivity index is 1.34. The van der Waals surface area contributed by atoms with Crippen molar-refractivity contribution in [2.45, 2.75) is 18.5 Å². The second-order valence-corrected chi connectivity index (χ2v) is 10.3. The van der Waals surface area contributed by atoms with Gasteiger partial charge >= 0.3 is 0 Å². The lowest BCUT2D eigenvalue weighted by atomic mass is 9.99. The van der Waals surface area contributed by atoms with Gasteiger partial charge in [-0.05, 0) is 43.4 Å². The zero-order valence-corrected chi connectivity index (χ0v) is 20.7. The van der Waals surface area contributed by atoms with Crippen molar-refractivity contribution in [1.29, 1.82) is 0 Å². The predicted molar refractivity (Wildman–Crippen MR) is 140 cm³/mol. The SMILES string of the molecule is CN1CCC2(CC1)N=C(SCC(=O)Nc1cccc3ncccc13)C(c1ccc(Br)cc1)=N2. The van der Waals surface area contributed by atoms with Gasteiger partial charge in [-0.2, -0.15) is 0 Å². The lowest BCUT2D eigenvalue weighted by Gasteiger charge is -2.33. The van der Waals surface area contributed by atoms with E-state index in [1.165, 1.54) is 11.8 Å². The Hall–Kier alpha value is -2.55. The highest BCUT2D eigenvalue weighted by molar-refractivity contribution is 9.10. The maximum atomic E-state index is 12.9. The summed E-state index contributed by atoms with van der Waals surface area (Å²) in [6.07, 6.45) is 3.54. The summed E-state index contributed by atoms with van der Waals surface area (Å²) in [6.45, 7) is 1.93. The number of nitrogens with one attached hydrogen (secondary N) is 1. The summed E-state index contributed by atoms with van der Waals surface area (Å²) in [5.74, 6) is 0.194. The molecule has 168 valence electrons. The minimum absolute atomic E-state index is 0.0708. The highest BCUT2D eigenvalue weighted by atomic mass is 79.9. The van der Waals surface area contributed by atoms with Crippen LogP contribution in [0.4, 0.5) is 5.69 Å². The van der Waals surface area contributed by atoms with Crippen LogP contribution in [0.3, 0.4) is 0 Å². The predicted octanol–water partition coefficient (Wildman–Crippen LogP) is 4.99. The van der Waals surface area contributed by atoms with Gasteiger partial charge in [-0.3, -0.25) is 14.8 Å². The molecule has 2 aromatic carbocycles. The number of thioether (sulfide) groups is 1. The van der Waals surface area contributed by atoms with Crippen molar-refractivity contribution in [1.82, 2.24) is 9.88 Å². The highest BCUT2D eigenvalue weighted by Crippen LogP contribution is 2.35. The molecular weight excluding hydrogens is 498 g/mol. The summed E-state index contributed by atoms with van der Waals surface area (Å²) in [6, 6.07) is 17.7. The molecule has 1 saturated heterocycles. The molecule has 1 N–H and O–H groups in total. The van der Waals surface area contributed by atoms with Crippen LogP contribution in [0.5, 0.6) is 0 Å². The van der Waals surface area contributed by atoms with Gasteiger partial charge in [0.2, 0.25) is 5.91 Å². The molecule has 1 amide bonds. The van der Waals surface area contributed by atoms with E-state index >= 15 is 0 Å². The molecule has 1 aromatic heterocycles. The van der Waals surface area contributed by atoms with Crippen molar-refractivity contribution in [2.75, 3.05) is 31.2 Å². The maximum absolute atomic E-state index is 12.9. The van der Waals surface area contributed by atoms with Crippen molar-refractivity contribution in [3.8, 4) is 0 Å². The Bertz CT molecular complexity index is 1240. The summed E-state index contributed by atoms with van der Waals surface area (Å²) in [4.78, 5) is 29.7. The number of rotatable bonds is 4. The number of aromatic nitrogens is 1. The Morgan fingerprint density at radius 2 is 1.88 bits per heavy atom. The molecule has 2 aliphatic rings. The first-order valence-corrected chi connectivity index (χ1v) is 12.7. The lowest BCUT2D eigenvalue weighted by molar-refractivity contribution is -0.113. The fourth-order valence-corrected chi connectivity index (χ4v) is 5.29. The largest absolute Gasteiger partial charge is 0.325 e. The van der Waals surface area contributed by atoms with Gasteiger partial charge < -0.3 is 10.2 Å². The number of hydrogen-bond donors (Lipinski definition) is 1. The number of fused-ring (bicyclic) bond motifs is 1. The van der Waals surface area contributed by atoms with Crippen molar-refractivity contribution >= 4 is 60.9 Å². The third-order valence-electron chi connectivity index (χ3n) is 6.00. The molecule has 0 unspecified atom stereocenters. The molecule has 6 nitrogen and oxygen atoms in total. The molecule has 33 heavy (non-hydrogen) atoms. The number of anilines is 1. The van der Waals surface area contributed by atoms with E-state index < -0.39 is 5.66 Å². The molecule has 0 atom stereocenters. The monoisotopic (exact) mass is 521 g/mol. The molecule has 0 bridgehead atoms. The number of carbonyl (C=O) groups excluding carboxylic acids is 1. The number of amides is 1. The molecule has 3 aromatic rings. The number of aliphatic imine (C=N–C) groups is 2. The van der Waals surface area contributed by atoms with Gasteiger partial charge in [0.1, 0.15) is 5.04 Å². The lowest BCUT2D eigenvalue weighted by Crippen LogP contribution is -2.39. The van der Waals surface area contributed by atoms with E-state index in [1.54, 1.807) is 6.20 Å². The normalized spacial score (nSPS) is 17.8. The van der Waals surface area contributed by atoms with Gasteiger partial charge in [0.25, 0.3) is 0 Å². The number of likely N-dealkylation sites (tertiary alicyclic amines) is 1. The average Bonchev–Trinajstić information content (AvgIpc) is 3.19. The quantitative estimate of drug-likeness (QED) is 0.524. The number of carbonyl (C=O) groups is 1. The minimum atomic E-state index is -0.408. The third-order valence-corrected chi connectivity index (χ3v) is 7.49. The zero-order chi connectivity index (χ0) is 22.8. The molecule has 0 radical (unpaired) electrons. The fourth-order valence-electron chi connectivity index (χ4n) is 4.15. The van der Waals surface area contributed by atoms with Gasteiger partial charge in [-0.15, -0.1) is 0 Å². The number of pyridine rings is 1. The summed E-state index contributed by atoms with van der Waals surface area (Å²) in [7, 11) is 2.13. The van der Waals surface area contributed by atoms with E-state index in [0.29, 0.717) is 0 Å². The molecule has 5 rings (SSSR count). The highest BCUT2D eigenvalue weighted by Gasteiger charge is 2.39. The van der Waals surface area contributed by atoms with Crippen LogP contribution < -0.4 is 5.32 Å². The summed E-state index contributed by atoms with van der Waals surface area (Å²) in [5, 5.41) is 4.81. The van der Waals surface area contributed by atoms with Crippen LogP contribution in [0.1, 0.15) is 18.4 Å². The molecule has 0 aliphatic carbocycles. The van der Waals surface area contributed by atoms with E-state index in [2.05, 4.69) is 50.3 Å². The van der Waals surface area contributed by atoms with E-state index in [4.69, 9.17) is 9.98 Å². The van der Waals surface area contributed by atoms with Gasteiger partial charge in [0.05, 0.1) is 22.7 Å². The van der Waals surface area contributed by atoms with Crippen molar-refractivity contribution in [2.24, 2.45) is 9.98 Å².